The quantitative estimate of drug-likeness (QED) is 0.533. The van der Waals surface area contributed by atoms with Gasteiger partial charge in [0.2, 0.25) is 0 Å². The SMILES string of the molecule is Br.CCOc1c(C(=O)O)cc(C(=O)CN2Cc3ccc(CC)nc3C2=N)cc1C(C)(C)C. The summed E-state index contributed by atoms with van der Waals surface area (Å²) in [7, 11) is 0. The highest BCUT2D eigenvalue weighted by Crippen LogP contribution is 2.36. The Labute approximate surface area is 199 Å². The number of hydrogen-bond donors (Lipinski definition) is 2. The van der Waals surface area contributed by atoms with Gasteiger partial charge in [-0.2, -0.15) is 0 Å². The average molecular weight is 504 g/mol. The molecule has 32 heavy (non-hydrogen) atoms. The van der Waals surface area contributed by atoms with Crippen molar-refractivity contribution in [2.24, 2.45) is 0 Å². The molecule has 0 radical (unpaired) electrons. The van der Waals surface area contributed by atoms with Crippen LogP contribution in [-0.4, -0.2) is 45.7 Å². The number of carboxylic acid groups (broad SMARTS) is 1. The number of amidine groups is 1. The molecule has 0 unspecified atom stereocenters. The largest absolute Gasteiger partial charge is 0.493 e. The molecule has 2 N–H and O–H groups in total. The van der Waals surface area contributed by atoms with Crippen LogP contribution in [0.5, 0.6) is 5.75 Å². The lowest BCUT2D eigenvalue weighted by molar-refractivity contribution is 0.0692. The molecule has 0 saturated heterocycles. The summed E-state index contributed by atoms with van der Waals surface area (Å²) in [6.45, 7) is 10.4. The first-order valence-electron chi connectivity index (χ1n) is 10.5. The van der Waals surface area contributed by atoms with Crippen molar-refractivity contribution in [2.45, 2.75) is 53.0 Å². The van der Waals surface area contributed by atoms with E-state index in [0.29, 0.717) is 35.7 Å². The number of aromatic nitrogens is 1. The van der Waals surface area contributed by atoms with Crippen LogP contribution in [0, 0.1) is 5.41 Å². The topological polar surface area (TPSA) is 104 Å². The first kappa shape index (κ1) is 25.5. The second-order valence-electron chi connectivity index (χ2n) is 8.68. The second-order valence-corrected chi connectivity index (χ2v) is 8.68. The molecule has 8 heteroatoms. The van der Waals surface area contributed by atoms with Gasteiger partial charge in [-0.15, -0.1) is 17.0 Å². The molecule has 0 saturated carbocycles. The van der Waals surface area contributed by atoms with Gasteiger partial charge in [-0.3, -0.25) is 10.2 Å². The zero-order valence-electron chi connectivity index (χ0n) is 19.1. The molecule has 2 aromatic rings. The fourth-order valence-electron chi connectivity index (χ4n) is 3.70. The molecule has 1 aromatic carbocycles. The molecule has 2 heterocycles. The Morgan fingerprint density at radius 3 is 2.47 bits per heavy atom. The molecule has 0 fully saturated rings. The maximum Gasteiger partial charge on any atom is 0.339 e. The lowest BCUT2D eigenvalue weighted by atomic mass is 9.83. The Morgan fingerprint density at radius 2 is 1.91 bits per heavy atom. The number of rotatable bonds is 7. The number of aryl methyl sites for hydroxylation is 1. The predicted octanol–water partition coefficient (Wildman–Crippen LogP) is 4.64. The highest BCUT2D eigenvalue weighted by molar-refractivity contribution is 8.93. The number of ketones is 1. The first-order valence-corrected chi connectivity index (χ1v) is 10.5. The minimum Gasteiger partial charge on any atom is -0.493 e. The minimum absolute atomic E-state index is 0. The van der Waals surface area contributed by atoms with E-state index < -0.39 is 11.4 Å². The van der Waals surface area contributed by atoms with Gasteiger partial charge in [0.25, 0.3) is 0 Å². The van der Waals surface area contributed by atoms with Gasteiger partial charge in [-0.25, -0.2) is 9.78 Å². The van der Waals surface area contributed by atoms with Crippen LogP contribution in [0.2, 0.25) is 0 Å². The number of carbonyl (C=O) groups excluding carboxylic acids is 1. The molecule has 1 aromatic heterocycles. The highest BCUT2D eigenvalue weighted by atomic mass is 79.9. The maximum atomic E-state index is 13.2. The van der Waals surface area contributed by atoms with E-state index >= 15 is 0 Å². The van der Waals surface area contributed by atoms with Crippen LogP contribution in [0.25, 0.3) is 0 Å². The Bertz CT molecular complexity index is 1060. The zero-order valence-corrected chi connectivity index (χ0v) is 20.8. The van der Waals surface area contributed by atoms with Gasteiger partial charge in [0.15, 0.2) is 5.78 Å². The van der Waals surface area contributed by atoms with Gasteiger partial charge in [0, 0.05) is 28.9 Å². The summed E-state index contributed by atoms with van der Waals surface area (Å²) in [6.07, 6.45) is 0.777. The molecule has 7 nitrogen and oxygen atoms in total. The molecule has 0 atom stereocenters. The predicted molar refractivity (Wildman–Crippen MR) is 129 cm³/mol. The number of carboxylic acids is 1. The van der Waals surface area contributed by atoms with E-state index in [9.17, 15) is 14.7 Å². The Kier molecular flexibility index (Phi) is 7.83. The zero-order chi connectivity index (χ0) is 22.9. The summed E-state index contributed by atoms with van der Waals surface area (Å²) in [5, 5.41) is 18.2. The van der Waals surface area contributed by atoms with E-state index in [4.69, 9.17) is 10.1 Å². The number of ether oxygens (including phenoxy) is 1. The summed E-state index contributed by atoms with van der Waals surface area (Å²) in [4.78, 5) is 31.3. The van der Waals surface area contributed by atoms with Crippen molar-refractivity contribution < 1.29 is 19.4 Å². The van der Waals surface area contributed by atoms with E-state index in [-0.39, 0.29) is 40.7 Å². The Hall–Kier alpha value is -2.74. The number of hydrogen-bond acceptors (Lipinski definition) is 5. The van der Waals surface area contributed by atoms with Gasteiger partial charge in [0.05, 0.1) is 13.2 Å². The van der Waals surface area contributed by atoms with Crippen LogP contribution < -0.4 is 4.74 Å². The van der Waals surface area contributed by atoms with Crippen molar-refractivity contribution in [2.75, 3.05) is 13.2 Å². The van der Waals surface area contributed by atoms with Crippen molar-refractivity contribution >= 4 is 34.6 Å². The van der Waals surface area contributed by atoms with Crippen LogP contribution in [-0.2, 0) is 18.4 Å². The molecule has 3 rings (SSSR count). The van der Waals surface area contributed by atoms with Crippen molar-refractivity contribution in [3.05, 3.63) is 57.9 Å². The third kappa shape index (κ3) is 5.01. The van der Waals surface area contributed by atoms with Crippen LogP contribution in [0.15, 0.2) is 24.3 Å². The van der Waals surface area contributed by atoms with Crippen LogP contribution in [0.1, 0.15) is 77.8 Å². The third-order valence-corrected chi connectivity index (χ3v) is 5.37. The summed E-state index contributed by atoms with van der Waals surface area (Å²) >= 11 is 0. The van der Waals surface area contributed by atoms with Gasteiger partial charge >= 0.3 is 5.97 Å². The van der Waals surface area contributed by atoms with Gasteiger partial charge < -0.3 is 14.7 Å². The minimum atomic E-state index is -1.14. The van der Waals surface area contributed by atoms with Crippen LogP contribution >= 0.6 is 17.0 Å². The number of fused-ring (bicyclic) bond motifs is 1. The molecule has 0 amide bonds. The van der Waals surface area contributed by atoms with Gasteiger partial charge in [-0.1, -0.05) is 33.8 Å². The van der Waals surface area contributed by atoms with Gasteiger partial charge in [0.1, 0.15) is 22.8 Å². The number of Topliss-reactive ketones (excluding diaryl/α,β-unsaturated/α-hetero) is 1. The first-order chi connectivity index (χ1) is 14.6. The molecular weight excluding hydrogens is 474 g/mol. The van der Waals surface area contributed by atoms with E-state index in [2.05, 4.69) is 4.98 Å². The van der Waals surface area contributed by atoms with E-state index in [1.165, 1.54) is 6.07 Å². The van der Waals surface area contributed by atoms with Crippen molar-refractivity contribution in [3.8, 4) is 5.75 Å². The number of pyridine rings is 1. The molecule has 1 aliphatic rings. The monoisotopic (exact) mass is 503 g/mol. The van der Waals surface area contributed by atoms with Crippen LogP contribution in [0.4, 0.5) is 0 Å². The molecule has 0 bridgehead atoms. The van der Waals surface area contributed by atoms with E-state index in [1.807, 2.05) is 39.8 Å². The summed E-state index contributed by atoms with van der Waals surface area (Å²) < 4.78 is 5.66. The maximum absolute atomic E-state index is 13.2. The molecule has 0 aliphatic carbocycles. The summed E-state index contributed by atoms with van der Waals surface area (Å²) in [5.74, 6) is -0.860. The smallest absolute Gasteiger partial charge is 0.339 e. The summed E-state index contributed by atoms with van der Waals surface area (Å²) in [5.41, 5.74) is 2.98. The average Bonchev–Trinajstić information content (AvgIpc) is 3.01. The number of nitrogens with one attached hydrogen (secondary N) is 1. The van der Waals surface area contributed by atoms with E-state index in [1.54, 1.807) is 17.9 Å². The normalized spacial score (nSPS) is 12.9. The van der Waals surface area contributed by atoms with Crippen molar-refractivity contribution in [1.29, 1.82) is 5.41 Å². The highest BCUT2D eigenvalue weighted by Gasteiger charge is 2.30. The lowest BCUT2D eigenvalue weighted by Gasteiger charge is -2.25. The number of halogens is 1. The number of benzene rings is 1. The van der Waals surface area contributed by atoms with Crippen molar-refractivity contribution in [3.63, 3.8) is 0 Å². The number of aromatic carboxylic acids is 1. The second kappa shape index (κ2) is 9.81. The summed E-state index contributed by atoms with van der Waals surface area (Å²) in [6, 6.07) is 7.00. The molecule has 0 spiro atoms. The third-order valence-electron chi connectivity index (χ3n) is 5.37. The van der Waals surface area contributed by atoms with Gasteiger partial charge in [-0.05, 0) is 37.0 Å². The fourth-order valence-corrected chi connectivity index (χ4v) is 3.70. The van der Waals surface area contributed by atoms with E-state index in [0.717, 1.165) is 17.7 Å². The Balaban J connectivity index is 0.00000363. The standard InChI is InChI=1S/C24H29N3O4.BrH/c1-6-16-9-8-14-12-27(22(25)20(14)26-16)13-19(28)15-10-17(23(29)30)21(31-7-2)18(11-15)24(3,4)5;/h8-11,25H,6-7,12-13H2,1-5H3,(H,29,30);1H. The Morgan fingerprint density at radius 1 is 1.22 bits per heavy atom. The van der Waals surface area contributed by atoms with Crippen molar-refractivity contribution in [1.82, 2.24) is 9.88 Å². The molecular formula is C24H30BrN3O4. The number of nitrogens with zero attached hydrogens (tertiary/aromatic N) is 2. The molecule has 172 valence electrons. The molecule has 1 aliphatic heterocycles. The lowest BCUT2D eigenvalue weighted by Crippen LogP contribution is -2.31. The van der Waals surface area contributed by atoms with Crippen LogP contribution in [0.3, 0.4) is 0 Å². The fraction of sp³-hybridized carbons (Fsp3) is 0.417. The number of carbonyl (C=O) groups is 2.